The van der Waals surface area contributed by atoms with Crippen molar-refractivity contribution < 1.29 is 8.78 Å². The Hall–Kier alpha value is -1.77. The summed E-state index contributed by atoms with van der Waals surface area (Å²) in [6.07, 6.45) is 4.35. The molecule has 7 heteroatoms. The number of fused-ring (bicyclic) bond motifs is 1. The minimum absolute atomic E-state index is 0.0346. The third-order valence-electron chi connectivity index (χ3n) is 6.62. The van der Waals surface area contributed by atoms with Crippen molar-refractivity contribution in [2.75, 3.05) is 18.0 Å². The fraction of sp³-hybridized carbons (Fsp3) is 0.455. The molecule has 5 rings (SSSR count). The van der Waals surface area contributed by atoms with Gasteiger partial charge in [-0.2, -0.15) is 0 Å². The van der Waals surface area contributed by atoms with Gasteiger partial charge in [-0.05, 0) is 64.6 Å². The number of hydrogen-bond acceptors (Lipinski definition) is 3. The normalized spacial score (nSPS) is 22.8. The third kappa shape index (κ3) is 3.62. The maximum Gasteiger partial charge on any atom is 0.252 e. The predicted octanol–water partition coefficient (Wildman–Crippen LogP) is 5.09. The van der Waals surface area contributed by atoms with E-state index in [-0.39, 0.29) is 18.3 Å². The SMILES string of the molecule is CC1(c2ccc(I)cc2)CCN(c2ccn3c(CC4CC4(F)F)nnc3c2)CC1. The highest BCUT2D eigenvalue weighted by atomic mass is 127. The van der Waals surface area contributed by atoms with E-state index < -0.39 is 11.8 Å². The summed E-state index contributed by atoms with van der Waals surface area (Å²) in [5, 5.41) is 8.39. The highest BCUT2D eigenvalue weighted by Crippen LogP contribution is 2.50. The molecule has 2 aromatic heterocycles. The summed E-state index contributed by atoms with van der Waals surface area (Å²) in [4.78, 5) is 2.39. The van der Waals surface area contributed by atoms with E-state index in [9.17, 15) is 8.78 Å². The number of halogens is 3. The average molecular weight is 508 g/mol. The van der Waals surface area contributed by atoms with E-state index in [2.05, 4.69) is 74.9 Å². The van der Waals surface area contributed by atoms with Crippen molar-refractivity contribution in [3.05, 3.63) is 57.6 Å². The summed E-state index contributed by atoms with van der Waals surface area (Å²) in [5.41, 5.74) is 3.46. The molecule has 0 bridgehead atoms. The summed E-state index contributed by atoms with van der Waals surface area (Å²) in [5.74, 6) is -2.49. The molecule has 1 saturated heterocycles. The number of nitrogens with zero attached hydrogens (tertiary/aromatic N) is 4. The van der Waals surface area contributed by atoms with Crippen molar-refractivity contribution in [2.24, 2.45) is 5.92 Å². The van der Waals surface area contributed by atoms with Gasteiger partial charge in [0.1, 0.15) is 5.82 Å². The van der Waals surface area contributed by atoms with Gasteiger partial charge in [0, 0.05) is 53.4 Å². The molecule has 0 N–H and O–H groups in total. The molecule has 29 heavy (non-hydrogen) atoms. The van der Waals surface area contributed by atoms with Crippen LogP contribution < -0.4 is 4.90 Å². The number of benzene rings is 1. The highest BCUT2D eigenvalue weighted by molar-refractivity contribution is 14.1. The van der Waals surface area contributed by atoms with Gasteiger partial charge < -0.3 is 4.90 Å². The Morgan fingerprint density at radius 1 is 1.10 bits per heavy atom. The summed E-state index contributed by atoms with van der Waals surface area (Å²) in [6.45, 7) is 4.32. The van der Waals surface area contributed by atoms with Crippen LogP contribution in [0.15, 0.2) is 42.6 Å². The van der Waals surface area contributed by atoms with Crippen LogP contribution >= 0.6 is 22.6 Å². The van der Waals surface area contributed by atoms with E-state index in [1.807, 2.05) is 16.7 Å². The van der Waals surface area contributed by atoms with Gasteiger partial charge in [-0.1, -0.05) is 19.1 Å². The van der Waals surface area contributed by atoms with Crippen LogP contribution in [-0.4, -0.2) is 33.6 Å². The molecule has 3 heterocycles. The fourth-order valence-corrected chi connectivity index (χ4v) is 4.74. The maximum absolute atomic E-state index is 13.2. The number of pyridine rings is 1. The average Bonchev–Trinajstić information content (AvgIpc) is 3.12. The molecule has 2 fully saturated rings. The maximum atomic E-state index is 13.2. The van der Waals surface area contributed by atoms with Gasteiger partial charge in [0.25, 0.3) is 5.92 Å². The molecule has 1 atom stereocenters. The first-order chi connectivity index (χ1) is 13.8. The molecule has 0 spiro atoms. The smallest absolute Gasteiger partial charge is 0.252 e. The van der Waals surface area contributed by atoms with Crippen LogP contribution in [0.4, 0.5) is 14.5 Å². The molecule has 0 amide bonds. The zero-order valence-electron chi connectivity index (χ0n) is 16.3. The number of piperidine rings is 1. The van der Waals surface area contributed by atoms with Crippen LogP contribution in [0.3, 0.4) is 0 Å². The van der Waals surface area contributed by atoms with E-state index in [0.717, 1.165) is 37.3 Å². The fourth-order valence-electron chi connectivity index (χ4n) is 4.38. The van der Waals surface area contributed by atoms with Crippen LogP contribution in [0.1, 0.15) is 37.6 Å². The Labute approximate surface area is 182 Å². The third-order valence-corrected chi connectivity index (χ3v) is 7.34. The summed E-state index contributed by atoms with van der Waals surface area (Å²) in [7, 11) is 0. The molecule has 152 valence electrons. The molecule has 0 radical (unpaired) electrons. The van der Waals surface area contributed by atoms with Gasteiger partial charge >= 0.3 is 0 Å². The topological polar surface area (TPSA) is 33.4 Å². The van der Waals surface area contributed by atoms with Crippen molar-refractivity contribution >= 4 is 33.9 Å². The number of anilines is 1. The van der Waals surface area contributed by atoms with E-state index in [1.54, 1.807) is 0 Å². The first kappa shape index (κ1) is 19.2. The zero-order chi connectivity index (χ0) is 20.2. The van der Waals surface area contributed by atoms with E-state index >= 15 is 0 Å². The molecule has 1 aliphatic carbocycles. The standard InChI is InChI=1S/C22H23F2IN4/c1-21(15-2-4-17(25)5-3-15)7-10-28(11-8-21)18-6-9-29-19(26-27-20(29)13-18)12-16-14-22(16,23)24/h2-6,9,13,16H,7-8,10-12,14H2,1H3. The minimum atomic E-state index is -2.52. The number of alkyl halides is 2. The Morgan fingerprint density at radius 2 is 1.79 bits per heavy atom. The number of hydrogen-bond donors (Lipinski definition) is 0. The molecule has 1 unspecified atom stereocenters. The van der Waals surface area contributed by atoms with Gasteiger partial charge in [0.05, 0.1) is 0 Å². The van der Waals surface area contributed by atoms with Gasteiger partial charge in [-0.3, -0.25) is 4.40 Å². The second kappa shape index (κ2) is 6.89. The van der Waals surface area contributed by atoms with Crippen molar-refractivity contribution in [1.82, 2.24) is 14.6 Å². The van der Waals surface area contributed by atoms with Crippen LogP contribution in [0.2, 0.25) is 0 Å². The van der Waals surface area contributed by atoms with Crippen molar-refractivity contribution in [2.45, 2.75) is 43.9 Å². The van der Waals surface area contributed by atoms with Crippen LogP contribution in [-0.2, 0) is 11.8 Å². The lowest BCUT2D eigenvalue weighted by Gasteiger charge is -2.41. The molecular weight excluding hydrogens is 485 g/mol. The minimum Gasteiger partial charge on any atom is -0.371 e. The number of rotatable bonds is 4. The van der Waals surface area contributed by atoms with Crippen LogP contribution in [0.5, 0.6) is 0 Å². The Morgan fingerprint density at radius 3 is 2.45 bits per heavy atom. The summed E-state index contributed by atoms with van der Waals surface area (Å²) in [6, 6.07) is 13.0. The van der Waals surface area contributed by atoms with Gasteiger partial charge in [-0.25, -0.2) is 8.78 Å². The molecule has 3 aromatic rings. The summed E-state index contributed by atoms with van der Waals surface area (Å²) < 4.78 is 29.6. The predicted molar refractivity (Wildman–Crippen MR) is 118 cm³/mol. The Kier molecular flexibility index (Phi) is 4.56. The monoisotopic (exact) mass is 508 g/mol. The van der Waals surface area contributed by atoms with Crippen molar-refractivity contribution in [3.8, 4) is 0 Å². The van der Waals surface area contributed by atoms with Gasteiger partial charge in [0.2, 0.25) is 0 Å². The number of aromatic nitrogens is 3. The molecule has 2 aliphatic rings. The zero-order valence-corrected chi connectivity index (χ0v) is 18.4. The molecule has 1 aromatic carbocycles. The van der Waals surface area contributed by atoms with Crippen LogP contribution in [0, 0.1) is 9.49 Å². The van der Waals surface area contributed by atoms with Crippen molar-refractivity contribution in [1.29, 1.82) is 0 Å². The molecule has 1 saturated carbocycles. The van der Waals surface area contributed by atoms with Gasteiger partial charge in [-0.15, -0.1) is 10.2 Å². The molecular formula is C22H23F2IN4. The molecule has 1 aliphatic heterocycles. The van der Waals surface area contributed by atoms with E-state index in [0.29, 0.717) is 5.82 Å². The second-order valence-corrected chi connectivity index (χ2v) is 9.90. The largest absolute Gasteiger partial charge is 0.371 e. The highest BCUT2D eigenvalue weighted by Gasteiger charge is 2.56. The van der Waals surface area contributed by atoms with E-state index in [4.69, 9.17) is 0 Å². The van der Waals surface area contributed by atoms with E-state index in [1.165, 1.54) is 9.13 Å². The quantitative estimate of drug-likeness (QED) is 0.461. The summed E-state index contributed by atoms with van der Waals surface area (Å²) >= 11 is 2.34. The lowest BCUT2D eigenvalue weighted by atomic mass is 9.74. The molecule has 4 nitrogen and oxygen atoms in total. The van der Waals surface area contributed by atoms with Crippen molar-refractivity contribution in [3.63, 3.8) is 0 Å². The first-order valence-corrected chi connectivity index (χ1v) is 11.1. The second-order valence-electron chi connectivity index (χ2n) is 8.65. The lowest BCUT2D eigenvalue weighted by Crippen LogP contribution is -2.41. The Balaban J connectivity index is 1.30. The lowest BCUT2D eigenvalue weighted by molar-refractivity contribution is 0.0984. The van der Waals surface area contributed by atoms with Gasteiger partial charge in [0.15, 0.2) is 5.65 Å². The Bertz CT molecular complexity index is 1040. The van der Waals surface area contributed by atoms with Crippen LogP contribution in [0.25, 0.3) is 5.65 Å². The first-order valence-electron chi connectivity index (χ1n) is 10.1.